The Hall–Kier alpha value is -2.77. The second kappa shape index (κ2) is 15.6. The molecule has 0 spiro atoms. The second-order valence-corrected chi connectivity index (χ2v) is 11.6. The van der Waals surface area contributed by atoms with Crippen LogP contribution in [0.1, 0.15) is 111 Å². The number of hydrogen-bond acceptors (Lipinski definition) is 5. The Labute approximate surface area is 229 Å². The van der Waals surface area contributed by atoms with Gasteiger partial charge in [0.25, 0.3) is 0 Å². The summed E-state index contributed by atoms with van der Waals surface area (Å²) in [6, 6.07) is 3.14. The molecule has 1 aromatic carbocycles. The Morgan fingerprint density at radius 1 is 1.00 bits per heavy atom. The lowest BCUT2D eigenvalue weighted by atomic mass is 9.97. The van der Waals surface area contributed by atoms with Gasteiger partial charge in [-0.05, 0) is 76.6 Å². The highest BCUT2D eigenvalue weighted by atomic mass is 16.6. The van der Waals surface area contributed by atoms with Crippen molar-refractivity contribution in [2.75, 3.05) is 6.54 Å². The quantitative estimate of drug-likeness (QED) is 0.254. The van der Waals surface area contributed by atoms with Gasteiger partial charge in [0.2, 0.25) is 11.8 Å². The molecular weight excluding hydrogens is 482 g/mol. The van der Waals surface area contributed by atoms with E-state index in [1.807, 2.05) is 20.8 Å². The highest BCUT2D eigenvalue weighted by Gasteiger charge is 2.37. The molecule has 0 heterocycles. The summed E-state index contributed by atoms with van der Waals surface area (Å²) in [7, 11) is 0. The number of hydrogen-bond donors (Lipinski definition) is 3. The van der Waals surface area contributed by atoms with Gasteiger partial charge in [-0.3, -0.25) is 9.59 Å². The topological polar surface area (TPSA) is 108 Å². The Morgan fingerprint density at radius 3 is 2.18 bits per heavy atom. The summed E-state index contributed by atoms with van der Waals surface area (Å²) in [5, 5.41) is 16.0. The van der Waals surface area contributed by atoms with E-state index in [0.29, 0.717) is 17.7 Å². The van der Waals surface area contributed by atoms with Crippen molar-refractivity contribution in [3.05, 3.63) is 29.3 Å². The molecule has 3 unspecified atom stereocenters. The van der Waals surface area contributed by atoms with Crippen LogP contribution in [-0.4, -0.2) is 52.1 Å². The molecule has 0 fully saturated rings. The molecule has 38 heavy (non-hydrogen) atoms. The van der Waals surface area contributed by atoms with Crippen LogP contribution in [0.5, 0.6) is 5.75 Å². The van der Waals surface area contributed by atoms with Gasteiger partial charge in [0.15, 0.2) is 0 Å². The van der Waals surface area contributed by atoms with Crippen molar-refractivity contribution in [2.24, 2.45) is 5.92 Å². The molecule has 216 valence electrons. The number of carbonyl (C=O) groups is 3. The molecule has 3 atom stereocenters. The molecule has 0 aromatic heterocycles. The fourth-order valence-electron chi connectivity index (χ4n) is 4.35. The SMILES string of the molecule is CCCCCCN(C(=O)C(NC(=O)OC(C)(C)C)C(C)C)C(C(=O)NC(C)CCC)c1ccc(O)c(C)c1. The van der Waals surface area contributed by atoms with Gasteiger partial charge in [-0.15, -0.1) is 0 Å². The van der Waals surface area contributed by atoms with Gasteiger partial charge in [-0.2, -0.15) is 0 Å². The van der Waals surface area contributed by atoms with Crippen LogP contribution in [0.3, 0.4) is 0 Å². The van der Waals surface area contributed by atoms with Crippen LogP contribution in [-0.2, 0) is 14.3 Å². The normalized spacial score (nSPS) is 13.9. The molecule has 0 saturated heterocycles. The standard InChI is InChI=1S/C30H51N3O5/c1-10-12-13-14-18-33(28(36)25(20(3)4)32-29(37)38-30(7,8)9)26(27(35)31-22(6)15-11-2)23-16-17-24(34)21(5)19-23/h16-17,19-20,22,25-26,34H,10-15,18H2,1-9H3,(H,31,35)(H,32,37). The number of benzene rings is 1. The van der Waals surface area contributed by atoms with Crippen LogP contribution < -0.4 is 10.6 Å². The summed E-state index contributed by atoms with van der Waals surface area (Å²) in [6.07, 6.45) is 4.76. The van der Waals surface area contributed by atoms with Crippen LogP contribution in [0, 0.1) is 12.8 Å². The Morgan fingerprint density at radius 2 is 1.66 bits per heavy atom. The Kier molecular flexibility index (Phi) is 13.6. The van der Waals surface area contributed by atoms with Gasteiger partial charge in [0.1, 0.15) is 23.4 Å². The van der Waals surface area contributed by atoms with Gasteiger partial charge in [0, 0.05) is 12.6 Å². The van der Waals surface area contributed by atoms with E-state index in [0.717, 1.165) is 38.5 Å². The van der Waals surface area contributed by atoms with Crippen molar-refractivity contribution in [1.82, 2.24) is 15.5 Å². The molecule has 8 heteroatoms. The highest BCUT2D eigenvalue weighted by molar-refractivity contribution is 5.92. The first-order chi connectivity index (χ1) is 17.7. The molecule has 3 amide bonds. The molecular formula is C30H51N3O5. The maximum absolute atomic E-state index is 14.2. The molecule has 0 saturated carbocycles. The van der Waals surface area contributed by atoms with Crippen molar-refractivity contribution in [2.45, 2.75) is 125 Å². The highest BCUT2D eigenvalue weighted by Crippen LogP contribution is 2.28. The van der Waals surface area contributed by atoms with E-state index in [-0.39, 0.29) is 29.5 Å². The predicted molar refractivity (Wildman–Crippen MR) is 152 cm³/mol. The number of aryl methyl sites for hydroxylation is 1. The van der Waals surface area contributed by atoms with Crippen LogP contribution in [0.2, 0.25) is 0 Å². The van der Waals surface area contributed by atoms with Crippen LogP contribution in [0.25, 0.3) is 0 Å². The van der Waals surface area contributed by atoms with Gasteiger partial charge >= 0.3 is 6.09 Å². The van der Waals surface area contributed by atoms with E-state index < -0.39 is 23.8 Å². The third-order valence-corrected chi connectivity index (χ3v) is 6.35. The lowest BCUT2D eigenvalue weighted by Gasteiger charge is -2.36. The lowest BCUT2D eigenvalue weighted by Crippen LogP contribution is -2.55. The molecule has 3 N–H and O–H groups in total. The molecule has 0 bridgehead atoms. The number of phenolic OH excluding ortho intramolecular Hbond substituents is 1. The number of nitrogens with zero attached hydrogens (tertiary/aromatic N) is 1. The number of ether oxygens (including phenoxy) is 1. The predicted octanol–water partition coefficient (Wildman–Crippen LogP) is 6.00. The Bertz CT molecular complexity index is 910. The van der Waals surface area contributed by atoms with Gasteiger partial charge in [-0.25, -0.2) is 4.79 Å². The lowest BCUT2D eigenvalue weighted by molar-refractivity contribution is -0.143. The fraction of sp³-hybridized carbons (Fsp3) is 0.700. The summed E-state index contributed by atoms with van der Waals surface area (Å²) in [6.45, 7) is 17.3. The molecule has 1 aromatic rings. The molecule has 0 aliphatic heterocycles. The minimum Gasteiger partial charge on any atom is -0.508 e. The maximum atomic E-state index is 14.2. The van der Waals surface area contributed by atoms with Crippen LogP contribution in [0.4, 0.5) is 4.79 Å². The number of unbranched alkanes of at least 4 members (excludes halogenated alkanes) is 3. The van der Waals surface area contributed by atoms with E-state index in [1.54, 1.807) is 50.8 Å². The van der Waals surface area contributed by atoms with Gasteiger partial charge in [0.05, 0.1) is 0 Å². The first-order valence-electron chi connectivity index (χ1n) is 14.1. The summed E-state index contributed by atoms with van der Waals surface area (Å²) in [5.41, 5.74) is 0.522. The van der Waals surface area contributed by atoms with Crippen molar-refractivity contribution >= 4 is 17.9 Å². The van der Waals surface area contributed by atoms with Gasteiger partial charge in [-0.1, -0.05) is 59.4 Å². The molecule has 0 aliphatic carbocycles. The summed E-state index contributed by atoms with van der Waals surface area (Å²) >= 11 is 0. The zero-order valence-electron chi connectivity index (χ0n) is 25.0. The minimum atomic E-state index is -0.913. The van der Waals surface area contributed by atoms with Crippen LogP contribution in [0.15, 0.2) is 18.2 Å². The number of rotatable bonds is 14. The monoisotopic (exact) mass is 533 g/mol. The van der Waals surface area contributed by atoms with Crippen molar-refractivity contribution in [1.29, 1.82) is 0 Å². The smallest absolute Gasteiger partial charge is 0.408 e. The average Bonchev–Trinajstić information content (AvgIpc) is 2.79. The summed E-state index contributed by atoms with van der Waals surface area (Å²) in [5.74, 6) is -0.729. The Balaban J connectivity index is 3.53. The van der Waals surface area contributed by atoms with Crippen molar-refractivity contribution in [3.8, 4) is 5.75 Å². The minimum absolute atomic E-state index is 0.0639. The molecule has 0 aliphatic rings. The summed E-state index contributed by atoms with van der Waals surface area (Å²) in [4.78, 5) is 42.2. The number of alkyl carbamates (subject to hydrolysis) is 1. The third kappa shape index (κ3) is 10.9. The first kappa shape index (κ1) is 33.3. The number of amides is 3. The fourth-order valence-corrected chi connectivity index (χ4v) is 4.35. The number of nitrogens with one attached hydrogen (secondary N) is 2. The number of carbonyl (C=O) groups excluding carboxylic acids is 3. The van der Waals surface area contributed by atoms with Crippen molar-refractivity contribution in [3.63, 3.8) is 0 Å². The van der Waals surface area contributed by atoms with Gasteiger partial charge < -0.3 is 25.4 Å². The number of phenols is 1. The summed E-state index contributed by atoms with van der Waals surface area (Å²) < 4.78 is 5.43. The molecule has 0 radical (unpaired) electrons. The van der Waals surface area contributed by atoms with E-state index in [1.165, 1.54) is 0 Å². The van der Waals surface area contributed by atoms with Crippen molar-refractivity contribution < 1.29 is 24.2 Å². The van der Waals surface area contributed by atoms with E-state index in [9.17, 15) is 19.5 Å². The zero-order valence-corrected chi connectivity index (χ0v) is 25.0. The largest absolute Gasteiger partial charge is 0.508 e. The third-order valence-electron chi connectivity index (χ3n) is 6.35. The first-order valence-corrected chi connectivity index (χ1v) is 14.1. The molecule has 8 nitrogen and oxygen atoms in total. The maximum Gasteiger partial charge on any atom is 0.408 e. The average molecular weight is 534 g/mol. The van der Waals surface area contributed by atoms with E-state index in [4.69, 9.17) is 4.74 Å². The molecule has 1 rings (SSSR count). The second-order valence-electron chi connectivity index (χ2n) is 11.6. The number of aromatic hydroxyl groups is 1. The van der Waals surface area contributed by atoms with E-state index >= 15 is 0 Å². The van der Waals surface area contributed by atoms with E-state index in [2.05, 4.69) is 24.5 Å². The van der Waals surface area contributed by atoms with Crippen LogP contribution >= 0.6 is 0 Å². The zero-order chi connectivity index (χ0) is 29.0.